The van der Waals surface area contributed by atoms with Crippen molar-refractivity contribution >= 4 is 23.1 Å². The molecule has 34 heavy (non-hydrogen) atoms. The second-order valence-electron chi connectivity index (χ2n) is 8.39. The second kappa shape index (κ2) is 8.83. The number of hydrogen-bond donors (Lipinski definition) is 3. The van der Waals surface area contributed by atoms with E-state index in [1.807, 2.05) is 36.7 Å². The Hall–Kier alpha value is -4.44. The summed E-state index contributed by atoms with van der Waals surface area (Å²) in [5, 5.41) is 12.4. The van der Waals surface area contributed by atoms with Crippen molar-refractivity contribution < 1.29 is 0 Å². The van der Waals surface area contributed by atoms with Crippen molar-refractivity contribution in [1.82, 2.24) is 25.5 Å². The molecule has 0 saturated heterocycles. The van der Waals surface area contributed by atoms with Gasteiger partial charge in [0.1, 0.15) is 5.69 Å². The first-order valence-corrected chi connectivity index (χ1v) is 11.3. The number of pyridine rings is 1. The lowest BCUT2D eigenvalue weighted by Crippen LogP contribution is -2.12. The van der Waals surface area contributed by atoms with Crippen LogP contribution in [0.1, 0.15) is 22.4 Å². The topological polar surface area (TPSA) is 69.4 Å². The Balaban J connectivity index is 1.28. The van der Waals surface area contributed by atoms with Gasteiger partial charge in [0, 0.05) is 48.1 Å². The number of fused-ring (bicyclic) bond motifs is 2. The number of nitrogens with zero attached hydrogens (tertiary/aromatic N) is 2. The third-order valence-electron chi connectivity index (χ3n) is 6.02. The highest BCUT2D eigenvalue weighted by atomic mass is 15.1. The molecule has 0 saturated carbocycles. The van der Waals surface area contributed by atoms with Crippen LogP contribution in [0.4, 0.5) is 0 Å². The van der Waals surface area contributed by atoms with Crippen LogP contribution in [0.25, 0.3) is 45.6 Å². The molecule has 0 amide bonds. The van der Waals surface area contributed by atoms with E-state index >= 15 is 0 Å². The van der Waals surface area contributed by atoms with Crippen molar-refractivity contribution in [3.8, 4) is 22.5 Å². The summed E-state index contributed by atoms with van der Waals surface area (Å²) >= 11 is 0. The summed E-state index contributed by atoms with van der Waals surface area (Å²) < 4.78 is 0. The van der Waals surface area contributed by atoms with Crippen molar-refractivity contribution in [2.45, 2.75) is 13.1 Å². The molecule has 0 aliphatic heterocycles. The van der Waals surface area contributed by atoms with Gasteiger partial charge in [-0.05, 0) is 47.0 Å². The zero-order chi connectivity index (χ0) is 22.7. The van der Waals surface area contributed by atoms with Gasteiger partial charge in [0.2, 0.25) is 0 Å². The van der Waals surface area contributed by atoms with E-state index in [-0.39, 0.29) is 0 Å². The van der Waals surface area contributed by atoms with Crippen LogP contribution in [-0.2, 0) is 13.1 Å². The fraction of sp³-hybridized carbons (Fsp3) is 0.0690. The van der Waals surface area contributed by atoms with Crippen LogP contribution in [-0.4, -0.2) is 20.2 Å². The first kappa shape index (κ1) is 20.2. The summed E-state index contributed by atoms with van der Waals surface area (Å²) in [6.45, 7) is 1.59. The van der Waals surface area contributed by atoms with E-state index in [9.17, 15) is 0 Å². The highest BCUT2D eigenvalue weighted by Gasteiger charge is 2.14. The lowest BCUT2D eigenvalue weighted by Gasteiger charge is -2.08. The first-order chi connectivity index (χ1) is 16.8. The Labute approximate surface area is 197 Å². The first-order valence-electron chi connectivity index (χ1n) is 11.3. The number of nitrogens with one attached hydrogen (secondary N) is 3. The number of aromatic nitrogens is 4. The minimum atomic E-state index is 0.762. The smallest absolute Gasteiger partial charge is 0.116 e. The van der Waals surface area contributed by atoms with E-state index < -0.39 is 0 Å². The maximum atomic E-state index is 4.61. The maximum absolute atomic E-state index is 4.61. The van der Waals surface area contributed by atoms with Gasteiger partial charge in [-0.1, -0.05) is 48.6 Å². The minimum absolute atomic E-state index is 0.762. The summed E-state index contributed by atoms with van der Waals surface area (Å²) in [6.07, 6.45) is 11.8. The van der Waals surface area contributed by atoms with E-state index in [0.29, 0.717) is 0 Å². The molecule has 3 N–H and O–H groups in total. The minimum Gasteiger partial charge on any atom is -0.353 e. The van der Waals surface area contributed by atoms with Gasteiger partial charge in [-0.15, -0.1) is 5.73 Å². The van der Waals surface area contributed by atoms with E-state index in [0.717, 1.165) is 63.3 Å². The lowest BCUT2D eigenvalue weighted by atomic mass is 10.0. The number of benzene rings is 2. The number of aromatic amines is 2. The third kappa shape index (κ3) is 4.02. The second-order valence-corrected chi connectivity index (χ2v) is 8.39. The predicted molar refractivity (Wildman–Crippen MR) is 138 cm³/mol. The Bertz CT molecular complexity index is 1560. The van der Waals surface area contributed by atoms with Crippen LogP contribution >= 0.6 is 0 Å². The highest BCUT2D eigenvalue weighted by Crippen LogP contribution is 2.32. The summed E-state index contributed by atoms with van der Waals surface area (Å²) in [6, 6.07) is 21.1. The van der Waals surface area contributed by atoms with E-state index in [1.54, 1.807) is 0 Å². The quantitative estimate of drug-likeness (QED) is 0.279. The molecule has 0 atom stereocenters. The van der Waals surface area contributed by atoms with Crippen molar-refractivity contribution in [2.24, 2.45) is 0 Å². The van der Waals surface area contributed by atoms with E-state index in [1.165, 1.54) is 5.56 Å². The fourth-order valence-electron chi connectivity index (χ4n) is 4.30. The molecule has 1 aliphatic rings. The maximum Gasteiger partial charge on any atom is 0.116 e. The number of allylic oxidation sites excluding steroid dienone is 2. The predicted octanol–water partition coefficient (Wildman–Crippen LogP) is 6.10. The van der Waals surface area contributed by atoms with Crippen LogP contribution in [0.5, 0.6) is 0 Å². The van der Waals surface area contributed by atoms with Gasteiger partial charge < -0.3 is 10.3 Å². The monoisotopic (exact) mass is 441 g/mol. The van der Waals surface area contributed by atoms with E-state index in [4.69, 9.17) is 0 Å². The van der Waals surface area contributed by atoms with Gasteiger partial charge >= 0.3 is 0 Å². The summed E-state index contributed by atoms with van der Waals surface area (Å²) in [4.78, 5) is 7.98. The Morgan fingerprint density at radius 2 is 1.79 bits per heavy atom. The Morgan fingerprint density at radius 3 is 2.74 bits per heavy atom. The molecule has 2 aromatic carbocycles. The van der Waals surface area contributed by atoms with Crippen molar-refractivity contribution in [2.75, 3.05) is 0 Å². The summed E-state index contributed by atoms with van der Waals surface area (Å²) in [5.41, 5.74) is 12.8. The summed E-state index contributed by atoms with van der Waals surface area (Å²) in [5.74, 6) is 0. The molecule has 5 heteroatoms. The van der Waals surface area contributed by atoms with Gasteiger partial charge in [0.25, 0.3) is 0 Å². The van der Waals surface area contributed by atoms with Gasteiger partial charge in [0.15, 0.2) is 0 Å². The standard InChI is InChI=1S/C29H23N5/c1-3-7-20(8-4-1)16-30-17-21-13-24(19-31-18-21)22-11-12-27-25(14-22)29(34-33-27)28-15-23-9-5-2-6-10-26(23)32-28/h1-5,7-15,18-19,30,32H,16-17H2,(H,33,34). The zero-order valence-corrected chi connectivity index (χ0v) is 18.5. The SMILES string of the molecule is C1=CC=Cc2cc(-c3n[nH]c4ccc(-c5cncc(CNCc6ccccc6)c5)cc34)[nH]c2C=1. The highest BCUT2D eigenvalue weighted by molar-refractivity contribution is 5.95. The van der Waals surface area contributed by atoms with Crippen LogP contribution in [0.3, 0.4) is 0 Å². The van der Waals surface area contributed by atoms with Crippen molar-refractivity contribution in [1.29, 1.82) is 0 Å². The van der Waals surface area contributed by atoms with Gasteiger partial charge in [-0.2, -0.15) is 5.10 Å². The molecule has 0 bridgehead atoms. The molecule has 1 aliphatic carbocycles. The molecule has 0 fully saturated rings. The molecule has 0 radical (unpaired) electrons. The molecule has 0 unspecified atom stereocenters. The van der Waals surface area contributed by atoms with Gasteiger partial charge in [-0.25, -0.2) is 0 Å². The van der Waals surface area contributed by atoms with Gasteiger partial charge in [-0.3, -0.25) is 10.1 Å². The molecule has 0 spiro atoms. The largest absolute Gasteiger partial charge is 0.353 e. The molecule has 3 aromatic heterocycles. The number of hydrogen-bond acceptors (Lipinski definition) is 3. The van der Waals surface area contributed by atoms with Crippen LogP contribution in [0.15, 0.2) is 90.9 Å². The van der Waals surface area contributed by atoms with Crippen LogP contribution < -0.4 is 5.32 Å². The van der Waals surface area contributed by atoms with Crippen LogP contribution in [0.2, 0.25) is 0 Å². The van der Waals surface area contributed by atoms with Crippen LogP contribution in [0, 0.1) is 0 Å². The Kier molecular flexibility index (Phi) is 5.24. The summed E-state index contributed by atoms with van der Waals surface area (Å²) in [7, 11) is 0. The molecule has 3 heterocycles. The zero-order valence-electron chi connectivity index (χ0n) is 18.5. The van der Waals surface area contributed by atoms with E-state index in [2.05, 4.69) is 91.9 Å². The molecular weight excluding hydrogens is 418 g/mol. The normalized spacial score (nSPS) is 12.2. The molecule has 164 valence electrons. The van der Waals surface area contributed by atoms with Crippen molar-refractivity contribution in [3.05, 3.63) is 113 Å². The average molecular weight is 442 g/mol. The molecular formula is C29H23N5. The third-order valence-corrected chi connectivity index (χ3v) is 6.02. The Morgan fingerprint density at radius 1 is 0.882 bits per heavy atom. The number of rotatable bonds is 6. The molecule has 6 rings (SSSR count). The lowest BCUT2D eigenvalue weighted by molar-refractivity contribution is 0.691. The van der Waals surface area contributed by atoms with Gasteiger partial charge in [0.05, 0.1) is 16.9 Å². The fourth-order valence-corrected chi connectivity index (χ4v) is 4.30. The number of H-pyrrole nitrogens is 2. The van der Waals surface area contributed by atoms with Crippen molar-refractivity contribution in [3.63, 3.8) is 0 Å². The molecule has 5 nitrogen and oxygen atoms in total. The molecule has 5 aromatic rings. The average Bonchev–Trinajstić information content (AvgIpc) is 3.42.